The number of nitrogens with zero attached hydrogens (tertiary/aromatic N) is 4. The third kappa shape index (κ3) is 3.48. The Balaban J connectivity index is 2.08. The van der Waals surface area contributed by atoms with Crippen molar-refractivity contribution < 1.29 is 0 Å². The largest absolute Gasteiger partial charge is 0.368 e. The van der Waals surface area contributed by atoms with E-state index in [0.717, 1.165) is 11.1 Å². The number of rotatable bonds is 3. The average Bonchev–Trinajstić information content (AvgIpc) is 2.28. The van der Waals surface area contributed by atoms with Crippen LogP contribution in [0.3, 0.4) is 0 Å². The predicted octanol–water partition coefficient (Wildman–Crippen LogP) is 2.19. The van der Waals surface area contributed by atoms with E-state index < -0.39 is 0 Å². The fraction of sp³-hybridized carbons (Fsp3) is 0.750. The molecule has 0 bridgehead atoms. The summed E-state index contributed by atoms with van der Waals surface area (Å²) in [4.78, 5) is 14.6. The van der Waals surface area contributed by atoms with Gasteiger partial charge in [-0.1, -0.05) is 31.5 Å². The molecule has 1 heterocycles. The molecule has 18 heavy (non-hydrogen) atoms. The smallest absolute Gasteiger partial charge is 0.230 e. The fourth-order valence-corrected chi connectivity index (χ4v) is 3.54. The summed E-state index contributed by atoms with van der Waals surface area (Å²) < 4.78 is 0. The Bertz CT molecular complexity index is 409. The molecule has 6 heteroatoms. The second-order valence-electron chi connectivity index (χ2n) is 5.18. The standard InChI is InChI=1S/C12H21N5S/c1-8-5-4-6-9(7-8)18-12-15-10(13)14-11(16-12)17(2)3/h8-9H,4-7H2,1-3H3,(H2,13,14,15,16). The topological polar surface area (TPSA) is 67.9 Å². The summed E-state index contributed by atoms with van der Waals surface area (Å²) in [5.74, 6) is 1.75. The van der Waals surface area contributed by atoms with Crippen molar-refractivity contribution in [3.05, 3.63) is 0 Å². The molecule has 2 rings (SSSR count). The van der Waals surface area contributed by atoms with Crippen LogP contribution >= 0.6 is 11.8 Å². The number of thioether (sulfide) groups is 1. The second kappa shape index (κ2) is 5.73. The summed E-state index contributed by atoms with van der Waals surface area (Å²) in [5.41, 5.74) is 5.73. The lowest BCUT2D eigenvalue weighted by Crippen LogP contribution is -2.17. The van der Waals surface area contributed by atoms with E-state index in [0.29, 0.717) is 17.1 Å². The third-order valence-electron chi connectivity index (χ3n) is 3.18. The molecule has 2 atom stereocenters. The van der Waals surface area contributed by atoms with E-state index in [1.54, 1.807) is 11.8 Å². The minimum Gasteiger partial charge on any atom is -0.368 e. The maximum Gasteiger partial charge on any atom is 0.230 e. The first-order valence-corrected chi connectivity index (χ1v) is 7.28. The van der Waals surface area contributed by atoms with E-state index in [9.17, 15) is 0 Å². The number of anilines is 2. The van der Waals surface area contributed by atoms with Gasteiger partial charge in [0.1, 0.15) is 0 Å². The molecule has 1 aliphatic carbocycles. The summed E-state index contributed by atoms with van der Waals surface area (Å²) in [6.45, 7) is 2.32. The van der Waals surface area contributed by atoms with Gasteiger partial charge in [0.05, 0.1) is 0 Å². The highest BCUT2D eigenvalue weighted by Gasteiger charge is 2.21. The van der Waals surface area contributed by atoms with Crippen molar-refractivity contribution >= 4 is 23.7 Å². The zero-order valence-corrected chi connectivity index (χ0v) is 12.1. The van der Waals surface area contributed by atoms with Crippen LogP contribution in [0.5, 0.6) is 0 Å². The molecule has 5 nitrogen and oxygen atoms in total. The van der Waals surface area contributed by atoms with E-state index in [1.807, 2.05) is 19.0 Å². The van der Waals surface area contributed by atoms with Crippen LogP contribution < -0.4 is 10.6 Å². The fourth-order valence-electron chi connectivity index (χ4n) is 2.25. The lowest BCUT2D eigenvalue weighted by Gasteiger charge is -2.25. The molecule has 0 saturated heterocycles. The number of nitrogens with two attached hydrogens (primary N) is 1. The summed E-state index contributed by atoms with van der Waals surface area (Å²) in [6.07, 6.45) is 5.14. The van der Waals surface area contributed by atoms with Crippen molar-refractivity contribution in [1.82, 2.24) is 15.0 Å². The van der Waals surface area contributed by atoms with Gasteiger partial charge in [-0.05, 0) is 18.8 Å². The molecule has 2 unspecified atom stereocenters. The monoisotopic (exact) mass is 267 g/mol. The minimum atomic E-state index is 0.306. The van der Waals surface area contributed by atoms with Gasteiger partial charge in [0, 0.05) is 19.3 Å². The van der Waals surface area contributed by atoms with Gasteiger partial charge in [-0.15, -0.1) is 0 Å². The van der Waals surface area contributed by atoms with Crippen molar-refractivity contribution in [3.63, 3.8) is 0 Å². The van der Waals surface area contributed by atoms with Crippen molar-refractivity contribution in [2.45, 2.75) is 43.0 Å². The lowest BCUT2D eigenvalue weighted by molar-refractivity contribution is 0.394. The van der Waals surface area contributed by atoms with Gasteiger partial charge in [0.15, 0.2) is 5.16 Å². The first kappa shape index (κ1) is 13.4. The Kier molecular flexibility index (Phi) is 4.27. The number of hydrogen-bond acceptors (Lipinski definition) is 6. The van der Waals surface area contributed by atoms with Gasteiger partial charge >= 0.3 is 0 Å². The first-order valence-electron chi connectivity index (χ1n) is 6.40. The summed E-state index contributed by atoms with van der Waals surface area (Å²) in [5, 5.41) is 1.37. The maximum absolute atomic E-state index is 5.73. The van der Waals surface area contributed by atoms with Crippen LogP contribution in [-0.4, -0.2) is 34.3 Å². The van der Waals surface area contributed by atoms with Gasteiger partial charge < -0.3 is 10.6 Å². The SMILES string of the molecule is CC1CCCC(Sc2nc(N)nc(N(C)C)n2)C1. The van der Waals surface area contributed by atoms with Crippen LogP contribution in [0, 0.1) is 5.92 Å². The summed E-state index contributed by atoms with van der Waals surface area (Å²) in [6, 6.07) is 0. The van der Waals surface area contributed by atoms with Crippen LogP contribution in [0.4, 0.5) is 11.9 Å². The third-order valence-corrected chi connectivity index (χ3v) is 4.34. The van der Waals surface area contributed by atoms with Crippen molar-refractivity contribution in [3.8, 4) is 0 Å². The number of hydrogen-bond donors (Lipinski definition) is 1. The van der Waals surface area contributed by atoms with Gasteiger partial charge in [-0.25, -0.2) is 0 Å². The average molecular weight is 267 g/mol. The molecule has 1 aromatic heterocycles. The second-order valence-corrected chi connectivity index (χ2v) is 6.45. The molecule has 1 saturated carbocycles. The molecule has 0 aliphatic heterocycles. The van der Waals surface area contributed by atoms with Crippen molar-refractivity contribution in [2.24, 2.45) is 5.92 Å². The van der Waals surface area contributed by atoms with Crippen LogP contribution in [-0.2, 0) is 0 Å². The Morgan fingerprint density at radius 3 is 2.67 bits per heavy atom. The summed E-state index contributed by atoms with van der Waals surface area (Å²) in [7, 11) is 3.82. The van der Waals surface area contributed by atoms with Gasteiger partial charge in [-0.2, -0.15) is 15.0 Å². The zero-order valence-electron chi connectivity index (χ0n) is 11.3. The quantitative estimate of drug-likeness (QED) is 0.905. The summed E-state index contributed by atoms with van der Waals surface area (Å²) >= 11 is 1.75. The van der Waals surface area contributed by atoms with E-state index in [1.165, 1.54) is 25.7 Å². The highest BCUT2D eigenvalue weighted by molar-refractivity contribution is 7.99. The molecule has 1 aromatic rings. The molecule has 0 aromatic carbocycles. The molecular weight excluding hydrogens is 246 g/mol. The number of aromatic nitrogens is 3. The molecule has 2 N–H and O–H groups in total. The van der Waals surface area contributed by atoms with Crippen LogP contribution in [0.25, 0.3) is 0 Å². The predicted molar refractivity (Wildman–Crippen MR) is 75.8 cm³/mol. The Morgan fingerprint density at radius 2 is 2.00 bits per heavy atom. The minimum absolute atomic E-state index is 0.306. The Morgan fingerprint density at radius 1 is 1.22 bits per heavy atom. The normalized spacial score (nSPS) is 23.9. The van der Waals surface area contributed by atoms with Gasteiger partial charge in [0.25, 0.3) is 0 Å². The number of nitrogen functional groups attached to an aromatic ring is 1. The maximum atomic E-state index is 5.73. The Labute approximate surface area is 113 Å². The van der Waals surface area contributed by atoms with E-state index in [-0.39, 0.29) is 0 Å². The molecule has 0 spiro atoms. The van der Waals surface area contributed by atoms with Crippen molar-refractivity contribution in [1.29, 1.82) is 0 Å². The zero-order chi connectivity index (χ0) is 13.1. The molecule has 0 radical (unpaired) electrons. The lowest BCUT2D eigenvalue weighted by atomic mass is 9.91. The Hall–Kier alpha value is -1.04. The van der Waals surface area contributed by atoms with E-state index in [2.05, 4.69) is 21.9 Å². The molecular formula is C12H21N5S. The van der Waals surface area contributed by atoms with E-state index in [4.69, 9.17) is 5.73 Å². The van der Waals surface area contributed by atoms with Crippen LogP contribution in [0.2, 0.25) is 0 Å². The van der Waals surface area contributed by atoms with Gasteiger partial charge in [0.2, 0.25) is 11.9 Å². The molecule has 100 valence electrons. The molecule has 1 fully saturated rings. The molecule has 0 amide bonds. The van der Waals surface area contributed by atoms with Crippen molar-refractivity contribution in [2.75, 3.05) is 24.7 Å². The van der Waals surface area contributed by atoms with Crippen LogP contribution in [0.15, 0.2) is 5.16 Å². The van der Waals surface area contributed by atoms with Gasteiger partial charge in [-0.3, -0.25) is 0 Å². The van der Waals surface area contributed by atoms with E-state index >= 15 is 0 Å². The van der Waals surface area contributed by atoms with Crippen LogP contribution in [0.1, 0.15) is 32.6 Å². The highest BCUT2D eigenvalue weighted by Crippen LogP contribution is 2.35. The molecule has 1 aliphatic rings. The highest BCUT2D eigenvalue weighted by atomic mass is 32.2. The first-order chi connectivity index (χ1) is 8.54.